The average Bonchev–Trinajstić information content (AvgIpc) is 3.26. The Balaban J connectivity index is 1.73. The molecule has 0 unspecified atom stereocenters. The van der Waals surface area contributed by atoms with E-state index in [9.17, 15) is 4.79 Å². The van der Waals surface area contributed by atoms with Crippen molar-refractivity contribution in [2.24, 2.45) is 12.8 Å². The number of H-pyrrole nitrogens is 1. The van der Waals surface area contributed by atoms with Crippen LogP contribution in [0.4, 0.5) is 5.95 Å². The molecule has 0 radical (unpaired) electrons. The van der Waals surface area contributed by atoms with Crippen LogP contribution in [-0.2, 0) is 7.05 Å². The van der Waals surface area contributed by atoms with E-state index in [4.69, 9.17) is 5.73 Å². The molecule has 0 bridgehead atoms. The summed E-state index contributed by atoms with van der Waals surface area (Å²) in [5.41, 5.74) is 7.72. The van der Waals surface area contributed by atoms with E-state index in [0.29, 0.717) is 22.7 Å². The fraction of sp³-hybridized carbons (Fsp3) is 0.389. The molecule has 8 heteroatoms. The number of aromatic amines is 1. The van der Waals surface area contributed by atoms with Crippen LogP contribution < -0.4 is 16.2 Å². The van der Waals surface area contributed by atoms with Crippen molar-refractivity contribution in [3.63, 3.8) is 0 Å². The van der Waals surface area contributed by atoms with Crippen LogP contribution in [0.25, 0.3) is 11.0 Å². The van der Waals surface area contributed by atoms with Crippen molar-refractivity contribution in [2.45, 2.75) is 25.3 Å². The number of anilines is 1. The first-order valence-electron chi connectivity index (χ1n) is 8.48. The fourth-order valence-corrected chi connectivity index (χ4v) is 3.70. The Labute approximate surface area is 154 Å². The second-order valence-corrected chi connectivity index (χ2v) is 7.75. The van der Waals surface area contributed by atoms with E-state index in [2.05, 4.69) is 38.8 Å². The minimum Gasteiger partial charge on any atom is -0.342 e. The third-order valence-electron chi connectivity index (χ3n) is 4.81. The molecule has 0 amide bonds. The summed E-state index contributed by atoms with van der Waals surface area (Å²) < 4.78 is 1.58. The molecule has 0 aromatic carbocycles. The minimum absolute atomic E-state index is 0.144. The van der Waals surface area contributed by atoms with Crippen molar-refractivity contribution in [1.29, 1.82) is 0 Å². The first-order valence-corrected chi connectivity index (χ1v) is 9.42. The molecule has 3 aromatic heterocycles. The maximum absolute atomic E-state index is 12.9. The van der Waals surface area contributed by atoms with Gasteiger partial charge in [0.2, 0.25) is 5.95 Å². The lowest BCUT2D eigenvalue weighted by atomic mass is 9.91. The number of nitrogens with two attached hydrogens (primary N) is 1. The molecule has 3 aromatic rings. The lowest BCUT2D eigenvalue weighted by Gasteiger charge is -2.37. The molecule has 4 rings (SSSR count). The maximum Gasteiger partial charge on any atom is 0.267 e. The normalized spacial score (nSPS) is 16.5. The third kappa shape index (κ3) is 3.00. The second-order valence-electron chi connectivity index (χ2n) is 6.97. The summed E-state index contributed by atoms with van der Waals surface area (Å²) in [6.07, 6.45) is 1.72. The van der Waals surface area contributed by atoms with E-state index in [-0.39, 0.29) is 11.1 Å². The molecule has 134 valence electrons. The summed E-state index contributed by atoms with van der Waals surface area (Å²) in [5, 5.41) is 11.4. The Morgan fingerprint density at radius 3 is 2.81 bits per heavy atom. The Morgan fingerprint density at radius 2 is 2.12 bits per heavy atom. The zero-order valence-electron chi connectivity index (χ0n) is 14.7. The third-order valence-corrected chi connectivity index (χ3v) is 5.50. The van der Waals surface area contributed by atoms with Gasteiger partial charge in [0.15, 0.2) is 11.3 Å². The van der Waals surface area contributed by atoms with Crippen molar-refractivity contribution in [1.82, 2.24) is 19.7 Å². The first-order chi connectivity index (χ1) is 12.4. The number of rotatable bonds is 1. The molecule has 7 nitrogen and oxygen atoms in total. The van der Waals surface area contributed by atoms with Crippen LogP contribution in [-0.4, -0.2) is 38.4 Å². The summed E-state index contributed by atoms with van der Waals surface area (Å²) in [7, 11) is 1.74. The largest absolute Gasteiger partial charge is 0.342 e. The molecule has 1 aliphatic rings. The number of piperidine rings is 1. The fourth-order valence-electron chi connectivity index (χ4n) is 3.11. The van der Waals surface area contributed by atoms with Crippen molar-refractivity contribution >= 4 is 28.3 Å². The maximum atomic E-state index is 12.9. The molecular weight excluding hydrogens is 348 g/mol. The number of aromatic nitrogens is 4. The summed E-state index contributed by atoms with van der Waals surface area (Å²) in [6.45, 7) is 3.61. The standard InChI is InChI=1S/C18H20N6OS/c1-18(19)6-8-24(9-7-18)17-20-15-14(16(25)23(17)2)13(21-22-15)4-3-12-5-10-26-11-12/h5,10-11H,6-9,19H2,1-2H3,(H,21,22). The van der Waals surface area contributed by atoms with Crippen molar-refractivity contribution in [3.8, 4) is 11.8 Å². The van der Waals surface area contributed by atoms with Crippen LogP contribution in [0, 0.1) is 11.8 Å². The highest BCUT2D eigenvalue weighted by atomic mass is 32.1. The van der Waals surface area contributed by atoms with Crippen molar-refractivity contribution in [3.05, 3.63) is 38.4 Å². The van der Waals surface area contributed by atoms with Crippen LogP contribution in [0.3, 0.4) is 0 Å². The molecule has 26 heavy (non-hydrogen) atoms. The van der Waals surface area contributed by atoms with Crippen LogP contribution in [0.1, 0.15) is 31.0 Å². The number of fused-ring (bicyclic) bond motifs is 1. The lowest BCUT2D eigenvalue weighted by molar-refractivity contribution is 0.360. The Morgan fingerprint density at radius 1 is 1.35 bits per heavy atom. The molecule has 1 fully saturated rings. The Kier molecular flexibility index (Phi) is 4.05. The number of thiophene rings is 1. The van der Waals surface area contributed by atoms with E-state index < -0.39 is 0 Å². The van der Waals surface area contributed by atoms with Gasteiger partial charge in [0.1, 0.15) is 5.39 Å². The van der Waals surface area contributed by atoms with Gasteiger partial charge in [-0.1, -0.05) is 5.92 Å². The molecule has 0 spiro atoms. The monoisotopic (exact) mass is 368 g/mol. The van der Waals surface area contributed by atoms with E-state index >= 15 is 0 Å². The zero-order chi connectivity index (χ0) is 18.3. The molecule has 3 N–H and O–H groups in total. The van der Waals surface area contributed by atoms with Gasteiger partial charge in [-0.2, -0.15) is 21.4 Å². The smallest absolute Gasteiger partial charge is 0.267 e. The number of nitrogens with one attached hydrogen (secondary N) is 1. The summed E-state index contributed by atoms with van der Waals surface area (Å²) >= 11 is 1.58. The summed E-state index contributed by atoms with van der Waals surface area (Å²) in [6, 6.07) is 1.93. The molecular formula is C18H20N6OS. The highest BCUT2D eigenvalue weighted by molar-refractivity contribution is 7.08. The number of nitrogens with zero attached hydrogens (tertiary/aromatic N) is 4. The van der Waals surface area contributed by atoms with E-state index in [1.165, 1.54) is 0 Å². The van der Waals surface area contributed by atoms with Crippen molar-refractivity contribution in [2.75, 3.05) is 18.0 Å². The number of hydrogen-bond acceptors (Lipinski definition) is 6. The quantitative estimate of drug-likeness (QED) is 0.634. The van der Waals surface area contributed by atoms with E-state index in [0.717, 1.165) is 31.5 Å². The predicted molar refractivity (Wildman–Crippen MR) is 103 cm³/mol. The molecule has 4 heterocycles. The highest BCUT2D eigenvalue weighted by Gasteiger charge is 2.28. The second kappa shape index (κ2) is 6.27. The van der Waals surface area contributed by atoms with Gasteiger partial charge >= 0.3 is 0 Å². The molecule has 0 saturated carbocycles. The van der Waals surface area contributed by atoms with Gasteiger partial charge in [-0.15, -0.1) is 0 Å². The van der Waals surface area contributed by atoms with Crippen molar-refractivity contribution < 1.29 is 0 Å². The van der Waals surface area contributed by atoms with E-state index in [1.54, 1.807) is 23.0 Å². The SMILES string of the molecule is Cn1c(N2CCC(C)(N)CC2)nc2[nH]nc(C#Cc3ccsc3)c2c1=O. The Hall–Kier alpha value is -2.63. The van der Waals surface area contributed by atoms with Gasteiger partial charge in [0.25, 0.3) is 5.56 Å². The van der Waals surface area contributed by atoms with Gasteiger partial charge in [-0.3, -0.25) is 14.5 Å². The highest BCUT2D eigenvalue weighted by Crippen LogP contribution is 2.23. The molecule has 0 aliphatic carbocycles. The van der Waals surface area contributed by atoms with Gasteiger partial charge < -0.3 is 10.6 Å². The van der Waals surface area contributed by atoms with E-state index in [1.807, 2.05) is 16.8 Å². The van der Waals surface area contributed by atoms with Gasteiger partial charge in [0.05, 0.1) is 0 Å². The van der Waals surface area contributed by atoms with Crippen LogP contribution in [0.5, 0.6) is 0 Å². The van der Waals surface area contributed by atoms with Crippen LogP contribution in [0.15, 0.2) is 21.6 Å². The molecule has 0 atom stereocenters. The number of hydrogen-bond donors (Lipinski definition) is 2. The molecule has 1 aliphatic heterocycles. The minimum atomic E-state index is -0.155. The average molecular weight is 368 g/mol. The Bertz CT molecular complexity index is 1060. The molecule has 1 saturated heterocycles. The predicted octanol–water partition coefficient (Wildman–Crippen LogP) is 1.44. The van der Waals surface area contributed by atoms with Crippen LogP contribution >= 0.6 is 11.3 Å². The lowest BCUT2D eigenvalue weighted by Crippen LogP contribution is -2.49. The zero-order valence-corrected chi connectivity index (χ0v) is 15.6. The first kappa shape index (κ1) is 16.8. The van der Waals surface area contributed by atoms with Gasteiger partial charge in [-0.25, -0.2) is 0 Å². The van der Waals surface area contributed by atoms with Gasteiger partial charge in [-0.05, 0) is 37.1 Å². The summed E-state index contributed by atoms with van der Waals surface area (Å²) in [5.74, 6) is 6.65. The van der Waals surface area contributed by atoms with Crippen LogP contribution in [0.2, 0.25) is 0 Å². The topological polar surface area (TPSA) is 92.8 Å². The summed E-state index contributed by atoms with van der Waals surface area (Å²) in [4.78, 5) is 19.6. The van der Waals surface area contributed by atoms with Gasteiger partial charge in [0, 0.05) is 36.6 Å².